The highest BCUT2D eigenvalue weighted by Gasteiger charge is 2.12. The SMILES string of the molecule is C=CCCCCCCCCC=CCCCNc1ccc(C(=O)OCC)c(F)c1. The summed E-state index contributed by atoms with van der Waals surface area (Å²) in [6, 6.07) is 4.52. The molecule has 0 fully saturated rings. The fourth-order valence-corrected chi connectivity index (χ4v) is 2.95. The van der Waals surface area contributed by atoms with Gasteiger partial charge in [-0.1, -0.05) is 43.9 Å². The highest BCUT2D eigenvalue weighted by molar-refractivity contribution is 5.90. The van der Waals surface area contributed by atoms with Crippen molar-refractivity contribution in [2.24, 2.45) is 0 Å². The molecule has 1 rings (SSSR count). The Balaban J connectivity index is 2.06. The maximum Gasteiger partial charge on any atom is 0.341 e. The molecule has 0 unspecified atom stereocenters. The number of rotatable bonds is 16. The predicted octanol–water partition coefficient (Wildman–Crippen LogP) is 7.06. The minimum atomic E-state index is -0.621. The second-order valence-corrected chi connectivity index (χ2v) is 6.94. The summed E-state index contributed by atoms with van der Waals surface area (Å²) in [5, 5.41) is 3.19. The number of carbonyl (C=O) groups is 1. The minimum absolute atomic E-state index is 0.0212. The summed E-state index contributed by atoms with van der Waals surface area (Å²) in [4.78, 5) is 11.6. The van der Waals surface area contributed by atoms with Crippen LogP contribution in [0.5, 0.6) is 0 Å². The van der Waals surface area contributed by atoms with Crippen LogP contribution in [0.15, 0.2) is 43.0 Å². The Kier molecular flexibility index (Phi) is 13.6. The van der Waals surface area contributed by atoms with E-state index in [9.17, 15) is 9.18 Å². The molecular weight excluding hydrogens is 353 g/mol. The summed E-state index contributed by atoms with van der Waals surface area (Å²) in [5.74, 6) is -1.17. The molecule has 0 saturated heterocycles. The van der Waals surface area contributed by atoms with Crippen LogP contribution >= 0.6 is 0 Å². The summed E-state index contributed by atoms with van der Waals surface area (Å²) in [6.07, 6.45) is 18.7. The first-order chi connectivity index (χ1) is 13.7. The lowest BCUT2D eigenvalue weighted by Gasteiger charge is -2.08. The molecule has 0 radical (unpaired) electrons. The van der Waals surface area contributed by atoms with Gasteiger partial charge in [0.25, 0.3) is 0 Å². The van der Waals surface area contributed by atoms with E-state index in [0.717, 1.165) is 32.2 Å². The molecular formula is C24H36FNO2. The summed E-state index contributed by atoms with van der Waals surface area (Å²) < 4.78 is 18.8. The molecule has 3 nitrogen and oxygen atoms in total. The third kappa shape index (κ3) is 10.9. The van der Waals surface area contributed by atoms with E-state index in [4.69, 9.17) is 4.74 Å². The Morgan fingerprint density at radius 3 is 2.32 bits per heavy atom. The summed E-state index contributed by atoms with van der Waals surface area (Å²) >= 11 is 0. The van der Waals surface area contributed by atoms with E-state index in [1.165, 1.54) is 50.7 Å². The smallest absolute Gasteiger partial charge is 0.341 e. The maximum absolute atomic E-state index is 13.9. The van der Waals surface area contributed by atoms with Crippen molar-refractivity contribution in [2.75, 3.05) is 18.5 Å². The number of halogens is 1. The van der Waals surface area contributed by atoms with Crippen molar-refractivity contribution in [3.05, 3.63) is 54.4 Å². The van der Waals surface area contributed by atoms with Crippen molar-refractivity contribution < 1.29 is 13.9 Å². The Hall–Kier alpha value is -2.10. The zero-order valence-electron chi connectivity index (χ0n) is 17.4. The molecule has 0 amide bonds. The zero-order chi connectivity index (χ0) is 20.5. The van der Waals surface area contributed by atoms with E-state index in [2.05, 4.69) is 24.0 Å². The lowest BCUT2D eigenvalue weighted by molar-refractivity contribution is 0.0521. The summed E-state index contributed by atoms with van der Waals surface area (Å²) in [7, 11) is 0. The number of hydrogen-bond donors (Lipinski definition) is 1. The number of hydrogen-bond acceptors (Lipinski definition) is 3. The Labute approximate surface area is 170 Å². The molecule has 0 bridgehead atoms. The number of allylic oxidation sites excluding steroid dienone is 3. The van der Waals surface area contributed by atoms with Crippen molar-refractivity contribution in [1.82, 2.24) is 0 Å². The van der Waals surface area contributed by atoms with Gasteiger partial charge in [-0.05, 0) is 63.6 Å². The number of benzene rings is 1. The maximum atomic E-state index is 13.9. The molecule has 28 heavy (non-hydrogen) atoms. The molecule has 0 saturated carbocycles. The molecule has 0 aliphatic carbocycles. The van der Waals surface area contributed by atoms with E-state index >= 15 is 0 Å². The van der Waals surface area contributed by atoms with Gasteiger partial charge in [0, 0.05) is 12.2 Å². The van der Waals surface area contributed by atoms with E-state index in [1.807, 2.05) is 6.08 Å². The van der Waals surface area contributed by atoms with Gasteiger partial charge in [-0.3, -0.25) is 0 Å². The highest BCUT2D eigenvalue weighted by atomic mass is 19.1. The second kappa shape index (κ2) is 15.9. The van der Waals surface area contributed by atoms with Crippen LogP contribution in [-0.2, 0) is 4.74 Å². The van der Waals surface area contributed by atoms with Gasteiger partial charge in [-0.2, -0.15) is 0 Å². The lowest BCUT2D eigenvalue weighted by Crippen LogP contribution is -2.08. The molecule has 4 heteroatoms. The molecule has 156 valence electrons. The number of nitrogens with one attached hydrogen (secondary N) is 1. The predicted molar refractivity (Wildman–Crippen MR) is 116 cm³/mol. The van der Waals surface area contributed by atoms with Crippen LogP contribution in [0.2, 0.25) is 0 Å². The van der Waals surface area contributed by atoms with Crippen molar-refractivity contribution in [2.45, 2.75) is 71.1 Å². The average Bonchev–Trinajstić information content (AvgIpc) is 2.68. The summed E-state index contributed by atoms with van der Waals surface area (Å²) in [6.45, 7) is 6.46. The first-order valence-electron chi connectivity index (χ1n) is 10.7. The number of unbranched alkanes of at least 4 members (excludes halogenated alkanes) is 8. The van der Waals surface area contributed by atoms with Gasteiger partial charge < -0.3 is 10.1 Å². The molecule has 0 aliphatic heterocycles. The fraction of sp³-hybridized carbons (Fsp3) is 0.542. The molecule has 1 aromatic carbocycles. The molecule has 1 N–H and O–H groups in total. The quantitative estimate of drug-likeness (QED) is 0.187. The van der Waals surface area contributed by atoms with Crippen molar-refractivity contribution >= 4 is 11.7 Å². The first-order valence-corrected chi connectivity index (χ1v) is 10.7. The van der Waals surface area contributed by atoms with Gasteiger partial charge in [0.05, 0.1) is 12.2 Å². The molecule has 0 aromatic heterocycles. The Bertz CT molecular complexity index is 598. The molecule has 0 atom stereocenters. The third-order valence-corrected chi connectivity index (χ3v) is 4.54. The van der Waals surface area contributed by atoms with E-state index in [0.29, 0.717) is 5.69 Å². The average molecular weight is 390 g/mol. The molecule has 1 aromatic rings. The van der Waals surface area contributed by atoms with Gasteiger partial charge in [0.2, 0.25) is 0 Å². The van der Waals surface area contributed by atoms with Gasteiger partial charge in [-0.25, -0.2) is 9.18 Å². The van der Waals surface area contributed by atoms with Gasteiger partial charge in [0.1, 0.15) is 5.82 Å². The minimum Gasteiger partial charge on any atom is -0.462 e. The van der Waals surface area contributed by atoms with Gasteiger partial charge >= 0.3 is 5.97 Å². The second-order valence-electron chi connectivity index (χ2n) is 6.94. The lowest BCUT2D eigenvalue weighted by atomic mass is 10.1. The van der Waals surface area contributed by atoms with E-state index in [-0.39, 0.29) is 12.2 Å². The van der Waals surface area contributed by atoms with Crippen LogP contribution in [0.25, 0.3) is 0 Å². The summed E-state index contributed by atoms with van der Waals surface area (Å²) in [5.41, 5.74) is 0.662. The number of ether oxygens (including phenoxy) is 1. The van der Waals surface area contributed by atoms with Crippen LogP contribution in [0, 0.1) is 5.82 Å². The number of carbonyl (C=O) groups excluding carboxylic acids is 1. The number of anilines is 1. The third-order valence-electron chi connectivity index (χ3n) is 4.54. The molecule has 0 aliphatic rings. The largest absolute Gasteiger partial charge is 0.462 e. The highest BCUT2D eigenvalue weighted by Crippen LogP contribution is 2.16. The van der Waals surface area contributed by atoms with Gasteiger partial charge in [-0.15, -0.1) is 6.58 Å². The fourth-order valence-electron chi connectivity index (χ4n) is 2.95. The standard InChI is InChI=1S/C24H36FNO2/c1-3-5-6-7-8-9-10-11-12-13-14-15-16-19-26-21-17-18-22(23(25)20-21)24(27)28-4-2/h3,13-14,17-18,20,26H,1,4-12,15-16,19H2,2H3. The monoisotopic (exact) mass is 389 g/mol. The Morgan fingerprint density at radius 1 is 1.04 bits per heavy atom. The molecule has 0 heterocycles. The van der Waals surface area contributed by atoms with Crippen LogP contribution < -0.4 is 5.32 Å². The van der Waals surface area contributed by atoms with E-state index in [1.54, 1.807) is 13.0 Å². The first kappa shape index (κ1) is 23.9. The number of esters is 1. The van der Waals surface area contributed by atoms with Gasteiger partial charge in [0.15, 0.2) is 0 Å². The van der Waals surface area contributed by atoms with Crippen LogP contribution in [0.1, 0.15) is 81.5 Å². The van der Waals surface area contributed by atoms with E-state index < -0.39 is 11.8 Å². The Morgan fingerprint density at radius 2 is 1.68 bits per heavy atom. The topological polar surface area (TPSA) is 38.3 Å². The van der Waals surface area contributed by atoms with Crippen molar-refractivity contribution in [3.8, 4) is 0 Å². The molecule has 0 spiro atoms. The van der Waals surface area contributed by atoms with Crippen LogP contribution in [-0.4, -0.2) is 19.1 Å². The van der Waals surface area contributed by atoms with Crippen molar-refractivity contribution in [1.29, 1.82) is 0 Å². The normalized spacial score (nSPS) is 10.9. The van der Waals surface area contributed by atoms with Crippen LogP contribution in [0.4, 0.5) is 10.1 Å². The van der Waals surface area contributed by atoms with Crippen molar-refractivity contribution in [3.63, 3.8) is 0 Å². The van der Waals surface area contributed by atoms with Crippen LogP contribution in [0.3, 0.4) is 0 Å². The zero-order valence-corrected chi connectivity index (χ0v) is 17.4.